The standard InChI is InChI=1S/C12H16N2O/c1-2-11-9(5-6-13)10-7-8(15)3-4-12(10)14-11/h3-4,7,14-15H,2,5-6,13H2,1H3. The largest absolute Gasteiger partial charge is 0.508 e. The second kappa shape index (κ2) is 3.95. The second-order valence-corrected chi connectivity index (χ2v) is 3.70. The van der Waals surface area contributed by atoms with Crippen LogP contribution in [0.1, 0.15) is 18.2 Å². The molecule has 0 saturated heterocycles. The zero-order valence-electron chi connectivity index (χ0n) is 8.88. The van der Waals surface area contributed by atoms with Gasteiger partial charge in [-0.1, -0.05) is 6.92 Å². The lowest BCUT2D eigenvalue weighted by Gasteiger charge is -2.00. The van der Waals surface area contributed by atoms with Crippen LogP contribution in [0.2, 0.25) is 0 Å². The minimum atomic E-state index is 0.308. The maximum absolute atomic E-state index is 9.46. The molecular formula is C12H16N2O. The summed E-state index contributed by atoms with van der Waals surface area (Å²) in [4.78, 5) is 3.36. The lowest BCUT2D eigenvalue weighted by molar-refractivity contribution is 0.476. The van der Waals surface area contributed by atoms with Gasteiger partial charge < -0.3 is 15.8 Å². The summed E-state index contributed by atoms with van der Waals surface area (Å²) >= 11 is 0. The molecule has 0 radical (unpaired) electrons. The van der Waals surface area contributed by atoms with Crippen molar-refractivity contribution in [2.45, 2.75) is 19.8 Å². The Labute approximate surface area is 88.9 Å². The number of nitrogens with one attached hydrogen (secondary N) is 1. The highest BCUT2D eigenvalue weighted by Gasteiger charge is 2.09. The molecule has 0 aliphatic heterocycles. The number of hydrogen-bond donors (Lipinski definition) is 3. The Morgan fingerprint density at radius 3 is 2.87 bits per heavy atom. The molecule has 80 valence electrons. The van der Waals surface area contributed by atoms with Crippen molar-refractivity contribution in [2.24, 2.45) is 5.73 Å². The highest BCUT2D eigenvalue weighted by molar-refractivity contribution is 5.86. The number of nitrogens with two attached hydrogens (primary N) is 1. The van der Waals surface area contributed by atoms with Crippen molar-refractivity contribution in [2.75, 3.05) is 6.54 Å². The summed E-state index contributed by atoms with van der Waals surface area (Å²) < 4.78 is 0. The number of H-pyrrole nitrogens is 1. The quantitative estimate of drug-likeness (QED) is 0.715. The number of phenolic OH excluding ortho intramolecular Hbond substituents is 1. The van der Waals surface area contributed by atoms with Crippen molar-refractivity contribution in [3.63, 3.8) is 0 Å². The van der Waals surface area contributed by atoms with Crippen molar-refractivity contribution < 1.29 is 5.11 Å². The predicted molar refractivity (Wildman–Crippen MR) is 62.1 cm³/mol. The number of benzene rings is 1. The Hall–Kier alpha value is -1.48. The molecule has 0 fully saturated rings. The third-order valence-electron chi connectivity index (χ3n) is 2.73. The first-order valence-electron chi connectivity index (χ1n) is 5.28. The van der Waals surface area contributed by atoms with Gasteiger partial charge in [0.1, 0.15) is 5.75 Å². The lowest BCUT2D eigenvalue weighted by atomic mass is 10.1. The second-order valence-electron chi connectivity index (χ2n) is 3.70. The van der Waals surface area contributed by atoms with E-state index >= 15 is 0 Å². The molecule has 1 aromatic heterocycles. The molecule has 2 aromatic rings. The molecule has 0 spiro atoms. The number of hydrogen-bond acceptors (Lipinski definition) is 2. The molecule has 3 nitrogen and oxygen atoms in total. The van der Waals surface area contributed by atoms with E-state index < -0.39 is 0 Å². The van der Waals surface area contributed by atoms with Crippen molar-refractivity contribution in [3.05, 3.63) is 29.5 Å². The summed E-state index contributed by atoms with van der Waals surface area (Å²) in [5, 5.41) is 10.6. The Bertz CT molecular complexity index is 474. The fourth-order valence-corrected chi connectivity index (χ4v) is 2.02. The Morgan fingerprint density at radius 1 is 1.40 bits per heavy atom. The zero-order chi connectivity index (χ0) is 10.8. The predicted octanol–water partition coefficient (Wildman–Crippen LogP) is 1.94. The first-order chi connectivity index (χ1) is 7.26. The topological polar surface area (TPSA) is 62.0 Å². The first kappa shape index (κ1) is 10.1. The average molecular weight is 204 g/mol. The van der Waals surface area contributed by atoms with Crippen molar-refractivity contribution in [1.29, 1.82) is 0 Å². The van der Waals surface area contributed by atoms with E-state index in [1.54, 1.807) is 12.1 Å². The Kier molecular flexibility index (Phi) is 2.64. The summed E-state index contributed by atoms with van der Waals surface area (Å²) in [5.74, 6) is 0.308. The van der Waals surface area contributed by atoms with Gasteiger partial charge in [-0.3, -0.25) is 0 Å². The zero-order valence-corrected chi connectivity index (χ0v) is 8.88. The number of aromatic hydroxyl groups is 1. The van der Waals surface area contributed by atoms with E-state index in [1.807, 2.05) is 6.07 Å². The molecule has 0 atom stereocenters. The molecule has 3 heteroatoms. The van der Waals surface area contributed by atoms with E-state index in [9.17, 15) is 5.11 Å². The van der Waals surface area contributed by atoms with E-state index in [0.717, 1.165) is 23.7 Å². The van der Waals surface area contributed by atoms with Gasteiger partial charge in [0.05, 0.1) is 0 Å². The van der Waals surface area contributed by atoms with E-state index in [0.29, 0.717) is 12.3 Å². The molecule has 1 heterocycles. The van der Waals surface area contributed by atoms with Crippen LogP contribution in [-0.4, -0.2) is 16.6 Å². The normalized spacial score (nSPS) is 11.1. The Morgan fingerprint density at radius 2 is 2.20 bits per heavy atom. The van der Waals surface area contributed by atoms with Crippen molar-refractivity contribution >= 4 is 10.9 Å². The van der Waals surface area contributed by atoms with Crippen LogP contribution in [0, 0.1) is 0 Å². The number of aromatic amines is 1. The van der Waals surface area contributed by atoms with E-state index in [-0.39, 0.29) is 0 Å². The molecule has 15 heavy (non-hydrogen) atoms. The van der Waals surface area contributed by atoms with Crippen LogP contribution < -0.4 is 5.73 Å². The van der Waals surface area contributed by atoms with Gasteiger partial charge in [0, 0.05) is 16.6 Å². The molecule has 0 aliphatic rings. The van der Waals surface area contributed by atoms with Gasteiger partial charge in [0.15, 0.2) is 0 Å². The minimum Gasteiger partial charge on any atom is -0.508 e. The van der Waals surface area contributed by atoms with Crippen molar-refractivity contribution in [1.82, 2.24) is 4.98 Å². The molecule has 1 aromatic carbocycles. The minimum absolute atomic E-state index is 0.308. The van der Waals surface area contributed by atoms with Gasteiger partial charge >= 0.3 is 0 Å². The first-order valence-corrected chi connectivity index (χ1v) is 5.28. The van der Waals surface area contributed by atoms with E-state index in [1.165, 1.54) is 11.3 Å². The molecule has 0 saturated carbocycles. The molecular weight excluding hydrogens is 188 g/mol. The molecule has 2 rings (SSSR count). The van der Waals surface area contributed by atoms with Gasteiger partial charge in [-0.25, -0.2) is 0 Å². The SMILES string of the molecule is CCc1[nH]c2ccc(O)cc2c1CCN. The summed E-state index contributed by atoms with van der Waals surface area (Å²) in [6.07, 6.45) is 1.82. The van der Waals surface area contributed by atoms with Crippen molar-refractivity contribution in [3.8, 4) is 5.75 Å². The number of phenols is 1. The molecule has 0 bridgehead atoms. The maximum atomic E-state index is 9.46. The van der Waals surface area contributed by atoms with Crippen LogP contribution in [-0.2, 0) is 12.8 Å². The van der Waals surface area contributed by atoms with Gasteiger partial charge in [-0.05, 0) is 43.1 Å². The maximum Gasteiger partial charge on any atom is 0.116 e. The molecule has 0 aliphatic carbocycles. The van der Waals surface area contributed by atoms with Gasteiger partial charge in [-0.2, -0.15) is 0 Å². The average Bonchev–Trinajstić information content (AvgIpc) is 2.57. The van der Waals surface area contributed by atoms with Crippen LogP contribution in [0.25, 0.3) is 10.9 Å². The highest BCUT2D eigenvalue weighted by Crippen LogP contribution is 2.26. The van der Waals surface area contributed by atoms with Crippen LogP contribution >= 0.6 is 0 Å². The number of aryl methyl sites for hydroxylation is 1. The Balaban J connectivity index is 2.65. The van der Waals surface area contributed by atoms with Crippen LogP contribution in [0.4, 0.5) is 0 Å². The smallest absolute Gasteiger partial charge is 0.116 e. The fourth-order valence-electron chi connectivity index (χ4n) is 2.02. The van der Waals surface area contributed by atoms with Crippen LogP contribution in [0.5, 0.6) is 5.75 Å². The van der Waals surface area contributed by atoms with Crippen LogP contribution in [0.15, 0.2) is 18.2 Å². The third-order valence-corrected chi connectivity index (χ3v) is 2.73. The fraction of sp³-hybridized carbons (Fsp3) is 0.333. The molecule has 0 unspecified atom stereocenters. The van der Waals surface area contributed by atoms with Crippen LogP contribution in [0.3, 0.4) is 0 Å². The molecule has 0 amide bonds. The number of fused-ring (bicyclic) bond motifs is 1. The monoisotopic (exact) mass is 204 g/mol. The van der Waals surface area contributed by atoms with Gasteiger partial charge in [0.25, 0.3) is 0 Å². The van der Waals surface area contributed by atoms with E-state index in [4.69, 9.17) is 5.73 Å². The molecule has 4 N–H and O–H groups in total. The third kappa shape index (κ3) is 1.70. The van der Waals surface area contributed by atoms with Gasteiger partial charge in [-0.15, -0.1) is 0 Å². The lowest BCUT2D eigenvalue weighted by Crippen LogP contribution is -2.04. The summed E-state index contributed by atoms with van der Waals surface area (Å²) in [6, 6.07) is 5.41. The highest BCUT2D eigenvalue weighted by atomic mass is 16.3. The summed E-state index contributed by atoms with van der Waals surface area (Å²) in [6.45, 7) is 2.75. The summed E-state index contributed by atoms with van der Waals surface area (Å²) in [7, 11) is 0. The van der Waals surface area contributed by atoms with Gasteiger partial charge in [0.2, 0.25) is 0 Å². The summed E-state index contributed by atoms with van der Waals surface area (Å²) in [5.41, 5.74) is 9.14. The van der Waals surface area contributed by atoms with E-state index in [2.05, 4.69) is 11.9 Å². The number of rotatable bonds is 3. The number of aromatic nitrogens is 1.